The molecule has 0 atom stereocenters. The quantitative estimate of drug-likeness (QED) is 0.860. The first-order chi connectivity index (χ1) is 10.5. The van der Waals surface area contributed by atoms with Gasteiger partial charge in [0.1, 0.15) is 0 Å². The van der Waals surface area contributed by atoms with Gasteiger partial charge in [-0.1, -0.05) is 43.1 Å². The smallest absolute Gasteiger partial charge is 0.258 e. The van der Waals surface area contributed by atoms with E-state index < -0.39 is 0 Å². The van der Waals surface area contributed by atoms with Crippen LogP contribution >= 0.6 is 23.2 Å². The molecule has 0 radical (unpaired) electrons. The zero-order valence-corrected chi connectivity index (χ0v) is 13.7. The van der Waals surface area contributed by atoms with Crippen LogP contribution in [-0.4, -0.2) is 22.4 Å². The van der Waals surface area contributed by atoms with Gasteiger partial charge in [-0.3, -0.25) is 4.79 Å². The molecule has 1 amide bonds. The van der Waals surface area contributed by atoms with Crippen molar-refractivity contribution >= 4 is 40.7 Å². The molecule has 0 saturated heterocycles. The van der Waals surface area contributed by atoms with Gasteiger partial charge in [-0.15, -0.1) is 0 Å². The van der Waals surface area contributed by atoms with Crippen LogP contribution in [0.15, 0.2) is 30.6 Å². The number of nitrogens with zero attached hydrogens (tertiary/aromatic N) is 2. The van der Waals surface area contributed by atoms with Gasteiger partial charge in [0.25, 0.3) is 5.91 Å². The van der Waals surface area contributed by atoms with Crippen LogP contribution in [0.5, 0.6) is 0 Å². The third-order valence-electron chi connectivity index (χ3n) is 2.78. The Morgan fingerprint density at radius 3 is 2.55 bits per heavy atom. The largest absolute Gasteiger partial charge is 0.354 e. The van der Waals surface area contributed by atoms with Gasteiger partial charge in [-0.2, -0.15) is 0 Å². The second kappa shape index (κ2) is 7.42. The lowest BCUT2D eigenvalue weighted by Crippen LogP contribution is -2.15. The summed E-state index contributed by atoms with van der Waals surface area (Å²) in [5.41, 5.74) is 0.785. The maximum atomic E-state index is 12.1. The molecule has 0 aliphatic heterocycles. The highest BCUT2D eigenvalue weighted by Gasteiger charge is 2.11. The molecule has 0 aliphatic rings. The van der Waals surface area contributed by atoms with Crippen molar-refractivity contribution in [1.29, 1.82) is 0 Å². The highest BCUT2D eigenvalue weighted by atomic mass is 35.5. The summed E-state index contributed by atoms with van der Waals surface area (Å²) in [6.07, 6.45) is 2.92. The Hall–Kier alpha value is -1.85. The van der Waals surface area contributed by atoms with Crippen LogP contribution < -0.4 is 10.6 Å². The number of hydrogen-bond acceptors (Lipinski definition) is 4. The average molecular weight is 339 g/mol. The predicted molar refractivity (Wildman–Crippen MR) is 89.8 cm³/mol. The van der Waals surface area contributed by atoms with Gasteiger partial charge in [0, 0.05) is 18.9 Å². The summed E-state index contributed by atoms with van der Waals surface area (Å²) in [6, 6.07) is 5.03. The molecule has 116 valence electrons. The number of rotatable bonds is 5. The summed E-state index contributed by atoms with van der Waals surface area (Å²) in [4.78, 5) is 20.4. The highest BCUT2D eigenvalue weighted by molar-refractivity contribution is 6.44. The van der Waals surface area contributed by atoms with Crippen molar-refractivity contribution in [2.24, 2.45) is 5.92 Å². The number of aromatic nitrogens is 2. The summed E-state index contributed by atoms with van der Waals surface area (Å²) >= 11 is 11.9. The van der Waals surface area contributed by atoms with Gasteiger partial charge in [-0.25, -0.2) is 9.97 Å². The fourth-order valence-electron chi connectivity index (χ4n) is 1.63. The molecule has 0 spiro atoms. The van der Waals surface area contributed by atoms with Crippen molar-refractivity contribution in [2.45, 2.75) is 13.8 Å². The third-order valence-corrected chi connectivity index (χ3v) is 3.60. The fraction of sp³-hybridized carbons (Fsp3) is 0.267. The first-order valence-corrected chi connectivity index (χ1v) is 7.54. The Bertz CT molecular complexity index is 659. The van der Waals surface area contributed by atoms with Gasteiger partial charge in [0.15, 0.2) is 0 Å². The van der Waals surface area contributed by atoms with Crippen LogP contribution in [0.1, 0.15) is 24.2 Å². The topological polar surface area (TPSA) is 66.9 Å². The molecule has 0 unspecified atom stereocenters. The van der Waals surface area contributed by atoms with E-state index in [-0.39, 0.29) is 5.91 Å². The molecule has 1 heterocycles. The molecule has 0 saturated carbocycles. The van der Waals surface area contributed by atoms with E-state index in [1.165, 1.54) is 12.4 Å². The number of nitrogens with one attached hydrogen (secondary N) is 2. The van der Waals surface area contributed by atoms with Gasteiger partial charge >= 0.3 is 0 Å². The van der Waals surface area contributed by atoms with Gasteiger partial charge < -0.3 is 10.6 Å². The summed E-state index contributed by atoms with van der Waals surface area (Å²) in [6.45, 7) is 4.94. The Kier molecular flexibility index (Phi) is 5.57. The van der Waals surface area contributed by atoms with E-state index in [4.69, 9.17) is 23.2 Å². The van der Waals surface area contributed by atoms with Crippen LogP contribution in [0.25, 0.3) is 0 Å². The van der Waals surface area contributed by atoms with E-state index in [1.54, 1.807) is 18.2 Å². The van der Waals surface area contributed by atoms with E-state index in [0.29, 0.717) is 33.2 Å². The van der Waals surface area contributed by atoms with E-state index >= 15 is 0 Å². The SMILES string of the molecule is CC(C)CNc1ncc(C(=O)Nc2cccc(Cl)c2Cl)cn1. The zero-order chi connectivity index (χ0) is 16.1. The average Bonchev–Trinajstić information content (AvgIpc) is 2.50. The van der Waals surface area contributed by atoms with Crippen LogP contribution in [0.2, 0.25) is 10.0 Å². The molecule has 1 aromatic carbocycles. The van der Waals surface area contributed by atoms with Gasteiger partial charge in [-0.05, 0) is 18.1 Å². The van der Waals surface area contributed by atoms with Crippen molar-refractivity contribution in [2.75, 3.05) is 17.2 Å². The molecular weight excluding hydrogens is 323 g/mol. The van der Waals surface area contributed by atoms with Crippen LogP contribution in [0, 0.1) is 5.92 Å². The first-order valence-electron chi connectivity index (χ1n) is 6.78. The summed E-state index contributed by atoms with van der Waals surface area (Å²) in [7, 11) is 0. The van der Waals surface area contributed by atoms with Crippen LogP contribution in [0.3, 0.4) is 0 Å². The predicted octanol–water partition coefficient (Wildman–Crippen LogP) is 4.10. The minimum atomic E-state index is -0.348. The maximum absolute atomic E-state index is 12.1. The summed E-state index contributed by atoms with van der Waals surface area (Å²) in [5, 5.41) is 6.44. The number of hydrogen-bond donors (Lipinski definition) is 2. The lowest BCUT2D eigenvalue weighted by atomic mass is 10.2. The van der Waals surface area contributed by atoms with Crippen molar-refractivity contribution < 1.29 is 4.79 Å². The normalized spacial score (nSPS) is 10.6. The van der Waals surface area contributed by atoms with E-state index in [2.05, 4.69) is 34.4 Å². The Morgan fingerprint density at radius 1 is 1.23 bits per heavy atom. The monoisotopic (exact) mass is 338 g/mol. The second-order valence-corrected chi connectivity index (χ2v) is 5.91. The zero-order valence-electron chi connectivity index (χ0n) is 12.2. The molecule has 22 heavy (non-hydrogen) atoms. The van der Waals surface area contributed by atoms with E-state index in [9.17, 15) is 4.79 Å². The number of halogens is 2. The molecule has 0 fully saturated rings. The number of amides is 1. The van der Waals surface area contributed by atoms with Gasteiger partial charge in [0.05, 0.1) is 21.3 Å². The Balaban J connectivity index is 2.05. The molecule has 5 nitrogen and oxygen atoms in total. The summed E-state index contributed by atoms with van der Waals surface area (Å²) < 4.78 is 0. The first kappa shape index (κ1) is 16.5. The minimum Gasteiger partial charge on any atom is -0.354 e. The third kappa shape index (κ3) is 4.32. The molecule has 7 heteroatoms. The molecule has 0 aliphatic carbocycles. The number of anilines is 2. The minimum absolute atomic E-state index is 0.300. The lowest BCUT2D eigenvalue weighted by molar-refractivity contribution is 0.102. The number of carbonyl (C=O) groups is 1. The molecule has 2 N–H and O–H groups in total. The van der Waals surface area contributed by atoms with Gasteiger partial charge in [0.2, 0.25) is 5.95 Å². The molecule has 0 bridgehead atoms. The maximum Gasteiger partial charge on any atom is 0.258 e. The Morgan fingerprint density at radius 2 is 1.91 bits per heavy atom. The van der Waals surface area contributed by atoms with Crippen LogP contribution in [-0.2, 0) is 0 Å². The number of carbonyl (C=O) groups excluding carboxylic acids is 1. The second-order valence-electron chi connectivity index (χ2n) is 5.13. The highest BCUT2D eigenvalue weighted by Crippen LogP contribution is 2.29. The molecule has 2 rings (SSSR count). The lowest BCUT2D eigenvalue weighted by Gasteiger charge is -2.09. The van der Waals surface area contributed by atoms with E-state index in [1.807, 2.05) is 0 Å². The van der Waals surface area contributed by atoms with Crippen molar-refractivity contribution in [3.05, 3.63) is 46.2 Å². The molecule has 2 aromatic rings. The molecular formula is C15H16Cl2N4O. The summed E-state index contributed by atoms with van der Waals surface area (Å²) in [5.74, 6) is 0.627. The Labute approximate surface area is 139 Å². The molecule has 1 aromatic heterocycles. The van der Waals surface area contributed by atoms with E-state index in [0.717, 1.165) is 6.54 Å². The van der Waals surface area contributed by atoms with Crippen molar-refractivity contribution in [3.8, 4) is 0 Å². The van der Waals surface area contributed by atoms with Crippen molar-refractivity contribution in [1.82, 2.24) is 9.97 Å². The number of benzene rings is 1. The van der Waals surface area contributed by atoms with Crippen molar-refractivity contribution in [3.63, 3.8) is 0 Å². The fourth-order valence-corrected chi connectivity index (χ4v) is 1.97. The van der Waals surface area contributed by atoms with Crippen LogP contribution in [0.4, 0.5) is 11.6 Å². The standard InChI is InChI=1S/C15H16Cl2N4O/c1-9(2)6-18-15-19-7-10(8-20-15)14(22)21-12-5-3-4-11(16)13(12)17/h3-5,7-9H,6H2,1-2H3,(H,21,22)(H,18,19,20).